The van der Waals surface area contributed by atoms with Gasteiger partial charge in [-0.15, -0.1) is 0 Å². The van der Waals surface area contributed by atoms with Crippen molar-refractivity contribution in [3.05, 3.63) is 48.6 Å². The largest absolute Gasteiger partial charge is 0.462 e. The van der Waals surface area contributed by atoms with E-state index in [4.69, 9.17) is 14.2 Å². The van der Waals surface area contributed by atoms with Gasteiger partial charge < -0.3 is 14.2 Å². The maximum atomic E-state index is 12.8. The number of hydrogen-bond donors (Lipinski definition) is 0. The summed E-state index contributed by atoms with van der Waals surface area (Å²) in [6.45, 7) is 7.80. The van der Waals surface area contributed by atoms with Gasteiger partial charge in [0.1, 0.15) is 6.61 Å². The topological polar surface area (TPSA) is 61.8 Å². The number of hydrogen-bond acceptors (Lipinski definition) is 5. The van der Waals surface area contributed by atoms with Gasteiger partial charge in [-0.1, -0.05) is 256 Å². The third kappa shape index (κ3) is 54.5. The molecule has 0 amide bonds. The molecule has 0 saturated heterocycles. The molecule has 0 rings (SSSR count). The molecule has 386 valence electrons. The van der Waals surface area contributed by atoms with Gasteiger partial charge in [0.15, 0.2) is 6.10 Å². The van der Waals surface area contributed by atoms with E-state index in [0.717, 1.165) is 70.6 Å². The van der Waals surface area contributed by atoms with E-state index in [2.05, 4.69) is 69.4 Å². The van der Waals surface area contributed by atoms with Crippen molar-refractivity contribution in [1.82, 2.24) is 0 Å². The highest BCUT2D eigenvalue weighted by Gasteiger charge is 2.17. The minimum Gasteiger partial charge on any atom is -0.462 e. The SMILES string of the molecule is CCCCC/C=C\C/C=C\CCCCCCCC(=O)OCC(COCCCCCCCCCCCCCCCCCCCCCC)OC(=O)CCCCCCC/C=C\C/C=C\CCCCC. The Labute approximate surface area is 412 Å². The average Bonchev–Trinajstić information content (AvgIpc) is 3.32. The summed E-state index contributed by atoms with van der Waals surface area (Å²) in [5.74, 6) is -0.414. The van der Waals surface area contributed by atoms with Crippen LogP contribution in [0.3, 0.4) is 0 Å². The lowest BCUT2D eigenvalue weighted by atomic mass is 10.0. The standard InChI is InChI=1S/C61H112O5/c1-4-7-10-13-16-19-22-25-28-29-30-31-32-35-38-41-44-47-50-53-56-64-57-59(66-61(63)55-52-49-46-43-40-37-34-27-24-21-18-15-12-9-6-3)58-65-60(62)54-51-48-45-42-39-36-33-26-23-20-17-14-11-8-5-2/h17-18,20-21,26-27,33-34,59H,4-16,19,22-25,28-32,35-58H2,1-3H3/b20-17-,21-18-,33-26-,34-27-. The lowest BCUT2D eigenvalue weighted by Crippen LogP contribution is -2.30. The van der Waals surface area contributed by atoms with Gasteiger partial charge in [0.2, 0.25) is 0 Å². The van der Waals surface area contributed by atoms with Gasteiger partial charge in [0, 0.05) is 19.4 Å². The maximum Gasteiger partial charge on any atom is 0.306 e. The van der Waals surface area contributed by atoms with Gasteiger partial charge in [0.25, 0.3) is 0 Å². The Bertz CT molecular complexity index is 1090. The van der Waals surface area contributed by atoms with Crippen LogP contribution in [0.25, 0.3) is 0 Å². The van der Waals surface area contributed by atoms with Crippen molar-refractivity contribution >= 4 is 11.9 Å². The molecule has 1 atom stereocenters. The van der Waals surface area contributed by atoms with Gasteiger partial charge in [-0.05, 0) is 83.5 Å². The summed E-state index contributed by atoms with van der Waals surface area (Å²) in [4.78, 5) is 25.5. The van der Waals surface area contributed by atoms with Crippen LogP contribution < -0.4 is 0 Å². The van der Waals surface area contributed by atoms with Gasteiger partial charge >= 0.3 is 11.9 Å². The lowest BCUT2D eigenvalue weighted by molar-refractivity contribution is -0.163. The second-order valence-electron chi connectivity index (χ2n) is 19.5. The predicted octanol–water partition coefficient (Wildman–Crippen LogP) is 19.9. The van der Waals surface area contributed by atoms with E-state index in [0.29, 0.717) is 19.4 Å². The second kappa shape index (κ2) is 57.2. The average molecular weight is 926 g/mol. The minimum atomic E-state index is -0.547. The predicted molar refractivity (Wildman–Crippen MR) is 288 cm³/mol. The molecule has 0 saturated carbocycles. The minimum absolute atomic E-state index is 0.0757. The van der Waals surface area contributed by atoms with E-state index in [9.17, 15) is 9.59 Å². The van der Waals surface area contributed by atoms with Crippen LogP contribution >= 0.6 is 0 Å². The van der Waals surface area contributed by atoms with Crippen molar-refractivity contribution in [2.24, 2.45) is 0 Å². The van der Waals surface area contributed by atoms with Crippen LogP contribution in [0.2, 0.25) is 0 Å². The van der Waals surface area contributed by atoms with Crippen LogP contribution in [-0.4, -0.2) is 37.9 Å². The maximum absolute atomic E-state index is 12.8. The quantitative estimate of drug-likeness (QED) is 0.0345. The molecule has 0 heterocycles. The number of esters is 2. The number of allylic oxidation sites excluding steroid dienone is 8. The molecule has 0 fully saturated rings. The Hall–Kier alpha value is -2.14. The van der Waals surface area contributed by atoms with Crippen LogP contribution in [0.4, 0.5) is 0 Å². The van der Waals surface area contributed by atoms with Crippen molar-refractivity contribution in [3.8, 4) is 0 Å². The molecule has 0 spiro atoms. The Kier molecular flexibility index (Phi) is 55.3. The van der Waals surface area contributed by atoms with Crippen LogP contribution in [0.15, 0.2) is 48.6 Å². The van der Waals surface area contributed by atoms with E-state index >= 15 is 0 Å². The summed E-state index contributed by atoms with van der Waals surface area (Å²) < 4.78 is 17.5. The van der Waals surface area contributed by atoms with Gasteiger partial charge in [0.05, 0.1) is 6.61 Å². The number of carbonyl (C=O) groups is 2. The molecule has 0 aromatic heterocycles. The van der Waals surface area contributed by atoms with E-state index in [1.807, 2.05) is 0 Å². The van der Waals surface area contributed by atoms with Gasteiger partial charge in [-0.25, -0.2) is 0 Å². The van der Waals surface area contributed by atoms with Gasteiger partial charge in [-0.2, -0.15) is 0 Å². The van der Waals surface area contributed by atoms with Crippen molar-refractivity contribution in [1.29, 1.82) is 0 Å². The normalized spacial score (nSPS) is 12.5. The molecule has 66 heavy (non-hydrogen) atoms. The summed E-state index contributed by atoms with van der Waals surface area (Å²) in [7, 11) is 0. The first-order valence-electron chi connectivity index (χ1n) is 29.2. The molecule has 0 aromatic carbocycles. The molecular formula is C61H112O5. The number of unbranched alkanes of at least 4 members (excludes halogenated alkanes) is 35. The highest BCUT2D eigenvalue weighted by atomic mass is 16.6. The van der Waals surface area contributed by atoms with Crippen molar-refractivity contribution in [2.75, 3.05) is 19.8 Å². The second-order valence-corrected chi connectivity index (χ2v) is 19.5. The zero-order valence-corrected chi connectivity index (χ0v) is 44.5. The Balaban J connectivity index is 4.25. The fraction of sp³-hybridized carbons (Fsp3) is 0.836. The molecule has 0 aliphatic carbocycles. The molecule has 0 N–H and O–H groups in total. The van der Waals surface area contributed by atoms with Crippen LogP contribution in [-0.2, 0) is 23.8 Å². The zero-order valence-electron chi connectivity index (χ0n) is 44.5. The highest BCUT2D eigenvalue weighted by molar-refractivity contribution is 5.70. The third-order valence-corrected chi connectivity index (χ3v) is 12.8. The summed E-state index contributed by atoms with van der Waals surface area (Å²) >= 11 is 0. The van der Waals surface area contributed by atoms with Crippen molar-refractivity contribution in [2.45, 2.75) is 309 Å². The Morgan fingerprint density at radius 2 is 0.636 bits per heavy atom. The molecule has 0 aliphatic rings. The molecule has 1 unspecified atom stereocenters. The first-order chi connectivity index (χ1) is 32.6. The summed E-state index contributed by atoms with van der Waals surface area (Å²) in [6, 6.07) is 0. The molecule has 5 nitrogen and oxygen atoms in total. The Morgan fingerprint density at radius 1 is 0.333 bits per heavy atom. The molecule has 0 aliphatic heterocycles. The van der Waals surface area contributed by atoms with Gasteiger partial charge in [-0.3, -0.25) is 9.59 Å². The summed E-state index contributed by atoms with van der Waals surface area (Å²) in [6.07, 6.45) is 71.3. The first-order valence-corrected chi connectivity index (χ1v) is 29.2. The number of carbonyl (C=O) groups excluding carboxylic acids is 2. The fourth-order valence-corrected chi connectivity index (χ4v) is 8.45. The van der Waals surface area contributed by atoms with Crippen LogP contribution in [0, 0.1) is 0 Å². The van der Waals surface area contributed by atoms with Crippen LogP contribution in [0.1, 0.15) is 303 Å². The third-order valence-electron chi connectivity index (χ3n) is 12.8. The molecule has 0 bridgehead atoms. The summed E-state index contributed by atoms with van der Waals surface area (Å²) in [5, 5.41) is 0. The first kappa shape index (κ1) is 63.9. The van der Waals surface area contributed by atoms with E-state index in [1.54, 1.807) is 0 Å². The molecule has 0 radical (unpaired) electrons. The number of ether oxygens (including phenoxy) is 3. The van der Waals surface area contributed by atoms with Crippen LogP contribution in [0.5, 0.6) is 0 Å². The van der Waals surface area contributed by atoms with E-state index in [-0.39, 0.29) is 25.2 Å². The monoisotopic (exact) mass is 925 g/mol. The molecule has 0 aromatic rings. The lowest BCUT2D eigenvalue weighted by Gasteiger charge is -2.18. The Morgan fingerprint density at radius 3 is 1.03 bits per heavy atom. The fourth-order valence-electron chi connectivity index (χ4n) is 8.45. The highest BCUT2D eigenvalue weighted by Crippen LogP contribution is 2.16. The van der Waals surface area contributed by atoms with E-state index in [1.165, 1.54) is 199 Å². The summed E-state index contributed by atoms with van der Waals surface area (Å²) in [5.41, 5.74) is 0. The molecule has 5 heteroatoms. The van der Waals surface area contributed by atoms with Crippen molar-refractivity contribution in [3.63, 3.8) is 0 Å². The molecular weight excluding hydrogens is 813 g/mol. The zero-order chi connectivity index (χ0) is 47.7. The van der Waals surface area contributed by atoms with Crippen molar-refractivity contribution < 1.29 is 23.8 Å². The smallest absolute Gasteiger partial charge is 0.306 e. The van der Waals surface area contributed by atoms with E-state index < -0.39 is 6.10 Å². The number of rotatable bonds is 54.